The second-order valence-corrected chi connectivity index (χ2v) is 7.23. The molecule has 132 valence electrons. The summed E-state index contributed by atoms with van der Waals surface area (Å²) in [6, 6.07) is 11.6. The number of aryl methyl sites for hydroxylation is 1. The minimum absolute atomic E-state index is 0.182. The van der Waals surface area contributed by atoms with E-state index < -0.39 is 28.8 Å². The van der Waals surface area contributed by atoms with E-state index in [4.69, 9.17) is 16.3 Å². The number of hydrogen-bond acceptors (Lipinski definition) is 4. The molecule has 0 fully saturated rings. The molecule has 2 aromatic carbocycles. The van der Waals surface area contributed by atoms with Crippen LogP contribution < -0.4 is 5.32 Å². The maximum Gasteiger partial charge on any atom is 0.340 e. The molecule has 0 aliphatic heterocycles. The number of ether oxygens (including phenoxy) is 1. The molecule has 2 rings (SSSR count). The van der Waals surface area contributed by atoms with Crippen molar-refractivity contribution < 1.29 is 18.5 Å². The van der Waals surface area contributed by atoms with E-state index in [-0.39, 0.29) is 5.56 Å². The van der Waals surface area contributed by atoms with Crippen LogP contribution in [0.5, 0.6) is 0 Å². The van der Waals surface area contributed by atoms with Crippen molar-refractivity contribution in [3.8, 4) is 0 Å². The number of esters is 1. The zero-order valence-electron chi connectivity index (χ0n) is 14.0. The third-order valence-corrected chi connectivity index (χ3v) is 4.74. The van der Waals surface area contributed by atoms with Gasteiger partial charge in [-0.1, -0.05) is 29.8 Å². The van der Waals surface area contributed by atoms with Crippen LogP contribution in [0.4, 0.5) is 5.69 Å². The molecule has 0 heterocycles. The van der Waals surface area contributed by atoms with Crippen molar-refractivity contribution >= 4 is 40.0 Å². The molecule has 0 saturated carbocycles. The highest BCUT2D eigenvalue weighted by molar-refractivity contribution is 7.84. The standard InChI is InChI=1S/C18H18ClNO4S/c1-11-8-9-13(19)10-15(11)20-17(21)12(2)24-18(22)14-6-4-5-7-16(14)25(3)23/h4-10,12H,1-3H3,(H,20,21)/t12-,25+/m1/s1. The van der Waals surface area contributed by atoms with Gasteiger partial charge >= 0.3 is 5.97 Å². The lowest BCUT2D eigenvalue weighted by Gasteiger charge is -2.15. The first-order chi connectivity index (χ1) is 11.8. The number of benzene rings is 2. The van der Waals surface area contributed by atoms with Crippen molar-refractivity contribution in [1.82, 2.24) is 0 Å². The van der Waals surface area contributed by atoms with Crippen LogP contribution in [0.15, 0.2) is 47.4 Å². The zero-order valence-corrected chi connectivity index (χ0v) is 15.6. The number of rotatable bonds is 5. The van der Waals surface area contributed by atoms with E-state index >= 15 is 0 Å². The Bertz CT molecular complexity index is 838. The molecule has 7 heteroatoms. The lowest BCUT2D eigenvalue weighted by molar-refractivity contribution is -0.123. The molecular weight excluding hydrogens is 362 g/mol. The second-order valence-electron chi connectivity index (χ2n) is 5.45. The summed E-state index contributed by atoms with van der Waals surface area (Å²) in [6.45, 7) is 3.30. The van der Waals surface area contributed by atoms with Gasteiger partial charge < -0.3 is 10.1 Å². The zero-order chi connectivity index (χ0) is 18.6. The SMILES string of the molecule is Cc1ccc(Cl)cc1NC(=O)[C@@H](C)OC(=O)c1ccccc1[S@](C)=O. The third-order valence-electron chi connectivity index (χ3n) is 3.53. The molecule has 0 aliphatic rings. The summed E-state index contributed by atoms with van der Waals surface area (Å²) in [5, 5.41) is 3.18. The van der Waals surface area contributed by atoms with E-state index in [1.165, 1.54) is 19.2 Å². The van der Waals surface area contributed by atoms with Crippen molar-refractivity contribution in [2.24, 2.45) is 0 Å². The van der Waals surface area contributed by atoms with E-state index in [1.54, 1.807) is 36.4 Å². The fraction of sp³-hybridized carbons (Fsp3) is 0.222. The summed E-state index contributed by atoms with van der Waals surface area (Å²) < 4.78 is 16.9. The van der Waals surface area contributed by atoms with Crippen LogP contribution in [0.25, 0.3) is 0 Å². The molecule has 0 radical (unpaired) electrons. The fourth-order valence-corrected chi connectivity index (χ4v) is 3.03. The number of nitrogens with one attached hydrogen (secondary N) is 1. The predicted molar refractivity (Wildman–Crippen MR) is 98.5 cm³/mol. The van der Waals surface area contributed by atoms with Crippen LogP contribution >= 0.6 is 11.6 Å². The average molecular weight is 380 g/mol. The number of amides is 1. The predicted octanol–water partition coefficient (Wildman–Crippen LogP) is 3.57. The lowest BCUT2D eigenvalue weighted by Crippen LogP contribution is -2.30. The van der Waals surface area contributed by atoms with Crippen molar-refractivity contribution in [3.63, 3.8) is 0 Å². The monoisotopic (exact) mass is 379 g/mol. The molecule has 5 nitrogen and oxygen atoms in total. The van der Waals surface area contributed by atoms with Gasteiger partial charge in [-0.15, -0.1) is 0 Å². The highest BCUT2D eigenvalue weighted by Crippen LogP contribution is 2.21. The minimum atomic E-state index is -1.34. The van der Waals surface area contributed by atoms with Gasteiger partial charge in [-0.2, -0.15) is 0 Å². The lowest BCUT2D eigenvalue weighted by atomic mass is 10.2. The molecule has 1 amide bonds. The van der Waals surface area contributed by atoms with E-state index in [0.29, 0.717) is 15.6 Å². The summed E-state index contributed by atoms with van der Waals surface area (Å²) in [5.74, 6) is -1.18. The van der Waals surface area contributed by atoms with Crippen LogP contribution in [0.3, 0.4) is 0 Å². The average Bonchev–Trinajstić information content (AvgIpc) is 2.57. The first-order valence-electron chi connectivity index (χ1n) is 7.50. The molecule has 0 bridgehead atoms. The Morgan fingerprint density at radius 2 is 1.88 bits per heavy atom. The Balaban J connectivity index is 2.10. The van der Waals surface area contributed by atoms with Gasteiger partial charge in [0.1, 0.15) is 0 Å². The Morgan fingerprint density at radius 3 is 2.56 bits per heavy atom. The fourth-order valence-electron chi connectivity index (χ4n) is 2.13. The van der Waals surface area contributed by atoms with E-state index in [1.807, 2.05) is 6.92 Å². The number of anilines is 1. The number of hydrogen-bond donors (Lipinski definition) is 1. The summed E-state index contributed by atoms with van der Waals surface area (Å²) in [6.07, 6.45) is 0.452. The Hall–Kier alpha value is -2.18. The van der Waals surface area contributed by atoms with Crippen LogP contribution in [-0.2, 0) is 20.3 Å². The topological polar surface area (TPSA) is 72.5 Å². The molecule has 0 aliphatic carbocycles. The first-order valence-corrected chi connectivity index (χ1v) is 9.43. The van der Waals surface area contributed by atoms with Crippen LogP contribution in [0.2, 0.25) is 5.02 Å². The van der Waals surface area contributed by atoms with Crippen molar-refractivity contribution in [1.29, 1.82) is 0 Å². The van der Waals surface area contributed by atoms with Gasteiger partial charge in [0.25, 0.3) is 5.91 Å². The van der Waals surface area contributed by atoms with Crippen LogP contribution in [0, 0.1) is 6.92 Å². The molecule has 2 atom stereocenters. The van der Waals surface area contributed by atoms with E-state index in [0.717, 1.165) is 5.56 Å². The summed E-state index contributed by atoms with van der Waals surface area (Å²) >= 11 is 5.93. The maximum absolute atomic E-state index is 12.3. The van der Waals surface area contributed by atoms with Crippen molar-refractivity contribution in [2.75, 3.05) is 11.6 Å². The number of carbonyl (C=O) groups excluding carboxylic acids is 2. The first kappa shape index (κ1) is 19.1. The molecule has 25 heavy (non-hydrogen) atoms. The van der Waals surface area contributed by atoms with Gasteiger partial charge in [0.2, 0.25) is 0 Å². The molecule has 2 aromatic rings. The summed E-state index contributed by atoms with van der Waals surface area (Å²) in [5.41, 5.74) is 1.57. The van der Waals surface area contributed by atoms with E-state index in [2.05, 4.69) is 5.32 Å². The molecule has 0 saturated heterocycles. The molecule has 0 spiro atoms. The maximum atomic E-state index is 12.3. The largest absolute Gasteiger partial charge is 0.449 e. The van der Waals surface area contributed by atoms with Gasteiger partial charge in [-0.3, -0.25) is 9.00 Å². The normalized spacial score (nSPS) is 13.0. The Kier molecular flexibility index (Phi) is 6.33. The van der Waals surface area contributed by atoms with Crippen molar-refractivity contribution in [3.05, 3.63) is 58.6 Å². The Morgan fingerprint density at radius 1 is 1.20 bits per heavy atom. The second kappa shape index (κ2) is 8.27. The van der Waals surface area contributed by atoms with Crippen LogP contribution in [-0.4, -0.2) is 28.4 Å². The number of carbonyl (C=O) groups is 2. The molecule has 0 aromatic heterocycles. The summed E-state index contributed by atoms with van der Waals surface area (Å²) in [7, 11) is -1.34. The number of halogens is 1. The van der Waals surface area contributed by atoms with E-state index in [9.17, 15) is 13.8 Å². The van der Waals surface area contributed by atoms with Gasteiger partial charge in [-0.25, -0.2) is 4.79 Å². The third kappa shape index (κ3) is 4.90. The van der Waals surface area contributed by atoms with Gasteiger partial charge in [0.15, 0.2) is 6.10 Å². The molecule has 1 N–H and O–H groups in total. The highest BCUT2D eigenvalue weighted by Gasteiger charge is 2.22. The summed E-state index contributed by atoms with van der Waals surface area (Å²) in [4.78, 5) is 24.9. The molecular formula is C18H18ClNO4S. The van der Waals surface area contributed by atoms with Gasteiger partial charge in [0, 0.05) is 17.0 Å². The molecule has 0 unspecified atom stereocenters. The Labute approximate surface area is 153 Å². The van der Waals surface area contributed by atoms with Gasteiger partial charge in [0.05, 0.1) is 21.3 Å². The minimum Gasteiger partial charge on any atom is -0.449 e. The van der Waals surface area contributed by atoms with Crippen molar-refractivity contribution in [2.45, 2.75) is 24.8 Å². The smallest absolute Gasteiger partial charge is 0.340 e. The quantitative estimate of drug-likeness (QED) is 0.806. The van der Waals surface area contributed by atoms with Gasteiger partial charge in [-0.05, 0) is 43.7 Å². The van der Waals surface area contributed by atoms with Crippen LogP contribution in [0.1, 0.15) is 22.8 Å². The highest BCUT2D eigenvalue weighted by atomic mass is 35.5.